The zero-order chi connectivity index (χ0) is 39.6. The summed E-state index contributed by atoms with van der Waals surface area (Å²) < 4.78 is 5.24. The molecule has 6 aromatic rings. The van der Waals surface area contributed by atoms with Gasteiger partial charge < -0.3 is 25.2 Å². The molecule has 0 aliphatic carbocycles. The number of aromatic nitrogens is 6. The van der Waals surface area contributed by atoms with E-state index in [0.29, 0.717) is 32.8 Å². The number of benzene rings is 4. The van der Waals surface area contributed by atoms with Gasteiger partial charge in [0.25, 0.3) is 0 Å². The molecule has 0 radical (unpaired) electrons. The van der Waals surface area contributed by atoms with Crippen LogP contribution < -0.4 is 4.74 Å². The second kappa shape index (κ2) is 13.4. The van der Waals surface area contributed by atoms with Crippen molar-refractivity contribution in [3.8, 4) is 40.1 Å². The molecule has 0 fully saturated rings. The largest absolute Gasteiger partial charge is 0.505 e. The summed E-state index contributed by atoms with van der Waals surface area (Å²) in [6.45, 7) is 24.2. The number of phenolic OH excluding ortho intramolecular Hbond substituents is 4. The summed E-state index contributed by atoms with van der Waals surface area (Å²) >= 11 is 6.03. The van der Waals surface area contributed by atoms with Crippen molar-refractivity contribution in [2.24, 2.45) is 0 Å². The van der Waals surface area contributed by atoms with Crippen LogP contribution in [0.1, 0.15) is 105 Å². The van der Waals surface area contributed by atoms with Crippen LogP contribution in [0, 0.1) is 0 Å². The molecule has 4 aromatic carbocycles. The molecule has 0 bridgehead atoms. The number of ether oxygens (including phenoxy) is 1. The van der Waals surface area contributed by atoms with Crippen LogP contribution in [-0.2, 0) is 21.7 Å². The summed E-state index contributed by atoms with van der Waals surface area (Å²) in [5.41, 5.74) is 4.54. The molecule has 4 N–H and O–H groups in total. The van der Waals surface area contributed by atoms with Crippen LogP contribution in [0.2, 0.25) is 5.02 Å². The highest BCUT2D eigenvalue weighted by Gasteiger charge is 2.32. The highest BCUT2D eigenvalue weighted by molar-refractivity contribution is 6.31. The lowest BCUT2D eigenvalue weighted by molar-refractivity contribution is 0.407. The van der Waals surface area contributed by atoms with E-state index in [2.05, 4.69) is 20.4 Å². The van der Waals surface area contributed by atoms with Crippen molar-refractivity contribution in [1.82, 2.24) is 30.0 Å². The molecule has 0 spiro atoms. The van der Waals surface area contributed by atoms with Crippen LogP contribution in [0.25, 0.3) is 33.4 Å². The topological polar surface area (TPSA) is 152 Å². The average Bonchev–Trinajstić information content (AvgIpc) is 3.62. The van der Waals surface area contributed by atoms with E-state index in [0.717, 1.165) is 22.3 Å². The molecule has 282 valence electrons. The maximum Gasteiger partial charge on any atom is 0.169 e. The minimum Gasteiger partial charge on any atom is -0.505 e. The highest BCUT2D eigenvalue weighted by atomic mass is 35.5. The third kappa shape index (κ3) is 7.71. The SMILES string of the molecule is CC(C)(C)c1cc(C(C)(C)C)c(O)c(-n2nc3ccc(Cl)cc3n2)c1O.COc1ccc2nn(-c3c(O)c(C(C)(C)C)cc(C(C)(C)C)c3O)nc2c1. The molecule has 2 aromatic heterocycles. The standard InChI is InChI=1S/C21H27N3O3.C20H24ClN3O2/c1-20(2,3)13-11-14(21(4,5)6)19(26)17(18(13)25)24-22-15-9-8-12(27-7)10-16(15)23-24;1-19(2,3)12-10-13(20(4,5)6)18(26)16(17(12)25)24-22-14-8-7-11(21)9-15(14)23-24/h8-11,25-26H,1-7H3;7-10,25-26H,1-6H3. The molecule has 0 saturated heterocycles. The monoisotopic (exact) mass is 742 g/mol. The zero-order valence-corrected chi connectivity index (χ0v) is 33.6. The van der Waals surface area contributed by atoms with Gasteiger partial charge in [0.05, 0.1) is 7.11 Å². The third-order valence-corrected chi connectivity index (χ3v) is 9.29. The van der Waals surface area contributed by atoms with E-state index in [-0.39, 0.29) is 56.0 Å². The van der Waals surface area contributed by atoms with Crippen LogP contribution in [0.4, 0.5) is 0 Å². The van der Waals surface area contributed by atoms with Gasteiger partial charge in [0.15, 0.2) is 34.4 Å². The number of rotatable bonds is 3. The van der Waals surface area contributed by atoms with E-state index in [1.807, 2.05) is 95.2 Å². The lowest BCUT2D eigenvalue weighted by Crippen LogP contribution is -2.18. The second-order valence-electron chi connectivity index (χ2n) is 17.5. The first-order valence-corrected chi connectivity index (χ1v) is 17.8. The van der Waals surface area contributed by atoms with Gasteiger partial charge in [0.2, 0.25) is 0 Å². The average molecular weight is 743 g/mol. The van der Waals surface area contributed by atoms with Gasteiger partial charge in [-0.2, -0.15) is 0 Å². The van der Waals surface area contributed by atoms with Crippen LogP contribution in [-0.4, -0.2) is 57.5 Å². The molecule has 11 nitrogen and oxygen atoms in total. The zero-order valence-electron chi connectivity index (χ0n) is 32.9. The fourth-order valence-electron chi connectivity index (χ4n) is 6.07. The maximum absolute atomic E-state index is 11.0. The summed E-state index contributed by atoms with van der Waals surface area (Å²) in [7, 11) is 1.59. The summed E-state index contributed by atoms with van der Waals surface area (Å²) in [5.74, 6) is 0.603. The Morgan fingerprint density at radius 3 is 1.13 bits per heavy atom. The predicted molar refractivity (Wildman–Crippen MR) is 211 cm³/mol. The van der Waals surface area contributed by atoms with Crippen molar-refractivity contribution >= 4 is 33.7 Å². The Labute approximate surface area is 315 Å². The van der Waals surface area contributed by atoms with Gasteiger partial charge in [-0.3, -0.25) is 0 Å². The first-order chi connectivity index (χ1) is 24.3. The fraction of sp³-hybridized carbons (Fsp3) is 0.415. The maximum atomic E-state index is 11.0. The van der Waals surface area contributed by atoms with E-state index in [9.17, 15) is 20.4 Å². The number of halogens is 1. The summed E-state index contributed by atoms with van der Waals surface area (Å²) in [6, 6.07) is 14.3. The number of hydrogen-bond donors (Lipinski definition) is 4. The van der Waals surface area contributed by atoms with Gasteiger partial charge in [0.1, 0.15) is 27.8 Å². The summed E-state index contributed by atoms with van der Waals surface area (Å²) in [5, 5.41) is 62.2. The van der Waals surface area contributed by atoms with Gasteiger partial charge in [0, 0.05) is 33.3 Å². The van der Waals surface area contributed by atoms with E-state index >= 15 is 0 Å². The number of phenols is 4. The van der Waals surface area contributed by atoms with E-state index in [1.54, 1.807) is 43.5 Å². The smallest absolute Gasteiger partial charge is 0.169 e. The highest BCUT2D eigenvalue weighted by Crippen LogP contribution is 2.47. The molecule has 0 amide bonds. The third-order valence-electron chi connectivity index (χ3n) is 9.06. The molecule has 12 heteroatoms. The molecule has 0 atom stereocenters. The first-order valence-electron chi connectivity index (χ1n) is 17.5. The van der Waals surface area contributed by atoms with Crippen molar-refractivity contribution in [2.45, 2.75) is 105 Å². The fourth-order valence-corrected chi connectivity index (χ4v) is 6.24. The lowest BCUT2D eigenvalue weighted by Gasteiger charge is -2.28. The normalized spacial score (nSPS) is 12.6. The Balaban J connectivity index is 0.000000204. The summed E-state index contributed by atoms with van der Waals surface area (Å²) in [6.07, 6.45) is 0. The lowest BCUT2D eigenvalue weighted by atomic mass is 9.79. The van der Waals surface area contributed by atoms with Gasteiger partial charge in [-0.1, -0.05) is 94.7 Å². The van der Waals surface area contributed by atoms with E-state index in [1.165, 1.54) is 9.59 Å². The molecule has 0 unspecified atom stereocenters. The van der Waals surface area contributed by atoms with E-state index < -0.39 is 0 Å². The molecule has 0 saturated carbocycles. The van der Waals surface area contributed by atoms with Gasteiger partial charge in [-0.05, 0) is 64.1 Å². The molecule has 2 heterocycles. The van der Waals surface area contributed by atoms with Crippen molar-refractivity contribution in [1.29, 1.82) is 0 Å². The minimum atomic E-state index is -0.317. The molecular weight excluding hydrogens is 692 g/mol. The van der Waals surface area contributed by atoms with Crippen LogP contribution in [0.15, 0.2) is 48.5 Å². The van der Waals surface area contributed by atoms with Crippen molar-refractivity contribution < 1.29 is 25.2 Å². The Hall–Kier alpha value is -5.03. The Morgan fingerprint density at radius 2 is 0.792 bits per heavy atom. The Morgan fingerprint density at radius 1 is 0.472 bits per heavy atom. The second-order valence-corrected chi connectivity index (χ2v) is 17.9. The Kier molecular flexibility index (Phi) is 9.93. The molecule has 0 aliphatic heterocycles. The van der Waals surface area contributed by atoms with Gasteiger partial charge in [-0.25, -0.2) is 0 Å². The quantitative estimate of drug-likeness (QED) is 0.139. The predicted octanol–water partition coefficient (Wildman–Crippen LogP) is 9.52. The van der Waals surface area contributed by atoms with Crippen LogP contribution in [0.5, 0.6) is 28.7 Å². The Bertz CT molecular complexity index is 2260. The number of hydrogen-bond acceptors (Lipinski definition) is 9. The van der Waals surface area contributed by atoms with Crippen LogP contribution in [0.3, 0.4) is 0 Å². The first kappa shape index (κ1) is 39.2. The van der Waals surface area contributed by atoms with E-state index in [4.69, 9.17) is 16.3 Å². The van der Waals surface area contributed by atoms with Gasteiger partial charge >= 0.3 is 0 Å². The van der Waals surface area contributed by atoms with Crippen molar-refractivity contribution in [2.75, 3.05) is 7.11 Å². The molecular formula is C41H51ClN6O5. The van der Waals surface area contributed by atoms with Gasteiger partial charge in [-0.15, -0.1) is 30.0 Å². The number of nitrogens with zero attached hydrogens (tertiary/aromatic N) is 6. The minimum absolute atomic E-state index is 0.0136. The summed E-state index contributed by atoms with van der Waals surface area (Å²) in [4.78, 5) is 2.59. The van der Waals surface area contributed by atoms with Crippen molar-refractivity contribution in [3.63, 3.8) is 0 Å². The molecule has 0 aliphatic rings. The van der Waals surface area contributed by atoms with Crippen molar-refractivity contribution in [3.05, 3.63) is 75.8 Å². The number of fused-ring (bicyclic) bond motifs is 2. The molecule has 6 rings (SSSR count). The molecule has 53 heavy (non-hydrogen) atoms. The number of aromatic hydroxyl groups is 4. The van der Waals surface area contributed by atoms with Crippen LogP contribution >= 0.6 is 11.6 Å². The number of methoxy groups -OCH3 is 1.